The maximum Gasteiger partial charge on any atom is 0.224 e. The number of rotatable bonds is 5. The molecule has 1 aliphatic rings. The Morgan fingerprint density at radius 2 is 2.04 bits per heavy atom. The number of ether oxygens (including phenoxy) is 1. The van der Waals surface area contributed by atoms with Crippen LogP contribution in [0, 0.1) is 0 Å². The van der Waals surface area contributed by atoms with Gasteiger partial charge in [-0.05, 0) is 42.3 Å². The molecule has 1 amide bonds. The van der Waals surface area contributed by atoms with E-state index in [0.29, 0.717) is 6.42 Å². The van der Waals surface area contributed by atoms with Crippen molar-refractivity contribution in [2.45, 2.75) is 32.4 Å². The first kappa shape index (κ1) is 15.7. The molecule has 0 aliphatic carbocycles. The Morgan fingerprint density at radius 1 is 1.26 bits per heavy atom. The summed E-state index contributed by atoms with van der Waals surface area (Å²) in [7, 11) is 0. The maximum atomic E-state index is 11.7. The number of hydrogen-bond donors (Lipinski definition) is 2. The Kier molecular flexibility index (Phi) is 4.72. The van der Waals surface area contributed by atoms with Gasteiger partial charge < -0.3 is 15.4 Å². The summed E-state index contributed by atoms with van der Waals surface area (Å²) in [5, 5.41) is 6.96. The molecule has 1 atom stereocenters. The van der Waals surface area contributed by atoms with E-state index in [1.807, 2.05) is 49.4 Å². The quantitative estimate of drug-likeness (QED) is 0.851. The molecule has 4 nitrogen and oxygen atoms in total. The highest BCUT2D eigenvalue weighted by atomic mass is 35.5. The lowest BCUT2D eigenvalue weighted by Gasteiger charge is -2.11. The molecular formula is C18H19ClN2O2. The Labute approximate surface area is 140 Å². The van der Waals surface area contributed by atoms with Crippen LogP contribution in [0.3, 0.4) is 0 Å². The highest BCUT2D eigenvalue weighted by Crippen LogP contribution is 2.35. The van der Waals surface area contributed by atoms with E-state index in [0.717, 1.165) is 40.6 Å². The molecule has 23 heavy (non-hydrogen) atoms. The van der Waals surface area contributed by atoms with Crippen LogP contribution in [-0.4, -0.2) is 12.1 Å². The van der Waals surface area contributed by atoms with Gasteiger partial charge in [-0.15, -0.1) is 0 Å². The fourth-order valence-electron chi connectivity index (χ4n) is 2.56. The normalized spacial score (nSPS) is 15.5. The van der Waals surface area contributed by atoms with Crippen LogP contribution in [0.2, 0.25) is 5.02 Å². The molecular weight excluding hydrogens is 312 g/mol. The van der Waals surface area contributed by atoms with Gasteiger partial charge in [0.05, 0.1) is 5.69 Å². The van der Waals surface area contributed by atoms with Crippen LogP contribution in [0.15, 0.2) is 42.5 Å². The third-order valence-corrected chi connectivity index (χ3v) is 3.91. The lowest BCUT2D eigenvalue weighted by Crippen LogP contribution is -2.22. The number of nitrogens with one attached hydrogen (secondary N) is 2. The largest absolute Gasteiger partial charge is 0.468 e. The molecule has 5 heteroatoms. The van der Waals surface area contributed by atoms with Gasteiger partial charge in [0.25, 0.3) is 0 Å². The van der Waals surface area contributed by atoms with E-state index in [1.165, 1.54) is 0 Å². The fourth-order valence-corrected chi connectivity index (χ4v) is 2.68. The molecule has 2 N–H and O–H groups in total. The topological polar surface area (TPSA) is 50.4 Å². The number of carbonyl (C=O) groups is 1. The smallest absolute Gasteiger partial charge is 0.224 e. The minimum Gasteiger partial charge on any atom is -0.468 e. The molecule has 0 bridgehead atoms. The molecule has 1 aliphatic heterocycles. The van der Waals surface area contributed by atoms with Crippen molar-refractivity contribution in [3.8, 4) is 5.75 Å². The first-order valence-corrected chi connectivity index (χ1v) is 8.13. The van der Waals surface area contributed by atoms with Crippen LogP contribution in [0.4, 0.5) is 11.4 Å². The van der Waals surface area contributed by atoms with Crippen LogP contribution in [0.5, 0.6) is 5.75 Å². The molecule has 0 fully saturated rings. The monoisotopic (exact) mass is 330 g/mol. The number of carbonyl (C=O) groups excluding carboxylic acids is 1. The first-order chi connectivity index (χ1) is 11.1. The van der Waals surface area contributed by atoms with Crippen molar-refractivity contribution in [3.63, 3.8) is 0 Å². The van der Waals surface area contributed by atoms with Gasteiger partial charge in [0.15, 0.2) is 6.23 Å². The Bertz CT molecular complexity index is 701. The van der Waals surface area contributed by atoms with Crippen molar-refractivity contribution >= 4 is 28.9 Å². The SMILES string of the molecule is CCCC(=O)Nc1ccc2c(c1)NC(Cc1ccc(Cl)cc1)O2. The van der Waals surface area contributed by atoms with Gasteiger partial charge in [-0.25, -0.2) is 0 Å². The van der Waals surface area contributed by atoms with Gasteiger partial charge in [0.1, 0.15) is 5.75 Å². The minimum absolute atomic E-state index is 0.0316. The molecule has 1 unspecified atom stereocenters. The van der Waals surface area contributed by atoms with E-state index in [1.54, 1.807) is 0 Å². The molecule has 1 heterocycles. The van der Waals surface area contributed by atoms with Crippen LogP contribution in [0.1, 0.15) is 25.3 Å². The highest BCUT2D eigenvalue weighted by Gasteiger charge is 2.22. The first-order valence-electron chi connectivity index (χ1n) is 7.75. The van der Waals surface area contributed by atoms with Crippen molar-refractivity contribution in [1.29, 1.82) is 0 Å². The van der Waals surface area contributed by atoms with E-state index in [4.69, 9.17) is 16.3 Å². The van der Waals surface area contributed by atoms with E-state index in [-0.39, 0.29) is 12.1 Å². The number of halogens is 1. The Hall–Kier alpha value is -2.20. The number of fused-ring (bicyclic) bond motifs is 1. The summed E-state index contributed by atoms with van der Waals surface area (Å²) in [6.45, 7) is 1.99. The summed E-state index contributed by atoms with van der Waals surface area (Å²) in [6, 6.07) is 13.4. The lowest BCUT2D eigenvalue weighted by molar-refractivity contribution is -0.116. The Morgan fingerprint density at radius 3 is 2.78 bits per heavy atom. The van der Waals surface area contributed by atoms with E-state index < -0.39 is 0 Å². The lowest BCUT2D eigenvalue weighted by atomic mass is 10.1. The van der Waals surface area contributed by atoms with E-state index in [9.17, 15) is 4.79 Å². The third kappa shape index (κ3) is 3.96. The van der Waals surface area contributed by atoms with Gasteiger partial charge in [-0.1, -0.05) is 30.7 Å². The predicted molar refractivity (Wildman–Crippen MR) is 93.2 cm³/mol. The molecule has 0 spiro atoms. The highest BCUT2D eigenvalue weighted by molar-refractivity contribution is 6.30. The fraction of sp³-hybridized carbons (Fsp3) is 0.278. The average molecular weight is 331 g/mol. The molecule has 3 rings (SSSR count). The molecule has 0 saturated carbocycles. The number of hydrogen-bond acceptors (Lipinski definition) is 3. The maximum absolute atomic E-state index is 11.7. The zero-order valence-corrected chi connectivity index (χ0v) is 13.7. The summed E-state index contributed by atoms with van der Waals surface area (Å²) >= 11 is 5.90. The molecule has 120 valence electrons. The number of anilines is 2. The predicted octanol–water partition coefficient (Wildman–Crippen LogP) is 4.45. The zero-order chi connectivity index (χ0) is 16.2. The minimum atomic E-state index is -0.118. The van der Waals surface area contributed by atoms with E-state index >= 15 is 0 Å². The summed E-state index contributed by atoms with van der Waals surface area (Å²) in [5.74, 6) is 0.835. The van der Waals surface area contributed by atoms with Gasteiger partial charge in [0.2, 0.25) is 5.91 Å². The van der Waals surface area contributed by atoms with Crippen molar-refractivity contribution in [1.82, 2.24) is 0 Å². The second kappa shape index (κ2) is 6.92. The number of benzene rings is 2. The average Bonchev–Trinajstić information content (AvgIpc) is 2.91. The molecule has 2 aromatic carbocycles. The van der Waals surface area contributed by atoms with Gasteiger partial charge in [-0.3, -0.25) is 4.79 Å². The summed E-state index contributed by atoms with van der Waals surface area (Å²) in [5.41, 5.74) is 2.83. The molecule has 0 radical (unpaired) electrons. The third-order valence-electron chi connectivity index (χ3n) is 3.66. The van der Waals surface area contributed by atoms with Crippen LogP contribution in [0.25, 0.3) is 0 Å². The van der Waals surface area contributed by atoms with Crippen LogP contribution >= 0.6 is 11.6 Å². The van der Waals surface area contributed by atoms with Crippen molar-refractivity contribution in [2.24, 2.45) is 0 Å². The van der Waals surface area contributed by atoms with Crippen LogP contribution in [-0.2, 0) is 11.2 Å². The van der Waals surface area contributed by atoms with Crippen LogP contribution < -0.4 is 15.4 Å². The second-order valence-corrected chi connectivity index (χ2v) is 6.03. The van der Waals surface area contributed by atoms with Gasteiger partial charge in [0, 0.05) is 23.6 Å². The van der Waals surface area contributed by atoms with Crippen molar-refractivity contribution in [2.75, 3.05) is 10.6 Å². The van der Waals surface area contributed by atoms with Gasteiger partial charge >= 0.3 is 0 Å². The summed E-state index contributed by atoms with van der Waals surface area (Å²) in [4.78, 5) is 11.7. The van der Waals surface area contributed by atoms with E-state index in [2.05, 4.69) is 10.6 Å². The molecule has 0 aromatic heterocycles. The van der Waals surface area contributed by atoms with Crippen molar-refractivity contribution in [3.05, 3.63) is 53.1 Å². The zero-order valence-electron chi connectivity index (χ0n) is 12.9. The molecule has 2 aromatic rings. The Balaban J connectivity index is 1.64. The number of amides is 1. The van der Waals surface area contributed by atoms with Crippen molar-refractivity contribution < 1.29 is 9.53 Å². The second-order valence-electron chi connectivity index (χ2n) is 5.59. The summed E-state index contributed by atoms with van der Waals surface area (Å²) < 4.78 is 5.89. The van der Waals surface area contributed by atoms with Gasteiger partial charge in [-0.2, -0.15) is 0 Å². The molecule has 0 saturated heterocycles. The standard InChI is InChI=1S/C18H19ClN2O2/c1-2-3-17(22)20-14-8-9-16-15(11-14)21-18(23-16)10-12-4-6-13(19)7-5-12/h4-9,11,18,21H,2-3,10H2,1H3,(H,20,22). The summed E-state index contributed by atoms with van der Waals surface area (Å²) in [6.07, 6.45) is 1.98.